The molecule has 0 spiro atoms. The van der Waals surface area contributed by atoms with Crippen LogP contribution in [0.2, 0.25) is 0 Å². The van der Waals surface area contributed by atoms with E-state index in [4.69, 9.17) is 19.7 Å². The highest BCUT2D eigenvalue weighted by Crippen LogP contribution is 2.22. The summed E-state index contributed by atoms with van der Waals surface area (Å²) in [4.78, 5) is 0. The molecule has 0 aromatic heterocycles. The maximum absolute atomic E-state index is 9.26. The van der Waals surface area contributed by atoms with Crippen LogP contribution in [0.1, 0.15) is 6.42 Å². The first-order valence-electron chi connectivity index (χ1n) is 3.84. The maximum atomic E-state index is 9.26. The number of hydrogen-bond donors (Lipinski definition) is 3. The van der Waals surface area contributed by atoms with Gasteiger partial charge in [0, 0.05) is 13.5 Å². The molecular weight excluding hydrogens is 164 g/mol. The molecule has 5 nitrogen and oxygen atoms in total. The van der Waals surface area contributed by atoms with Gasteiger partial charge >= 0.3 is 0 Å². The minimum atomic E-state index is -0.945. The summed E-state index contributed by atoms with van der Waals surface area (Å²) >= 11 is 0. The third-order valence-electron chi connectivity index (χ3n) is 1.95. The van der Waals surface area contributed by atoms with Crippen molar-refractivity contribution in [3.8, 4) is 0 Å². The van der Waals surface area contributed by atoms with Crippen molar-refractivity contribution in [1.29, 1.82) is 0 Å². The Morgan fingerprint density at radius 3 is 2.75 bits per heavy atom. The smallest absolute Gasteiger partial charge is 0.183 e. The summed E-state index contributed by atoms with van der Waals surface area (Å²) in [6.45, 7) is -0.367. The van der Waals surface area contributed by atoms with E-state index in [1.807, 2.05) is 0 Å². The lowest BCUT2D eigenvalue weighted by atomic mass is 10.1. The first-order chi connectivity index (χ1) is 5.69. The number of rotatable bonds is 3. The summed E-state index contributed by atoms with van der Waals surface area (Å²) in [5.41, 5.74) is 0. The van der Waals surface area contributed by atoms with E-state index < -0.39 is 24.6 Å². The van der Waals surface area contributed by atoms with Crippen molar-refractivity contribution < 1.29 is 24.8 Å². The molecule has 0 unspecified atom stereocenters. The zero-order valence-electron chi connectivity index (χ0n) is 6.88. The Morgan fingerprint density at radius 1 is 1.67 bits per heavy atom. The zero-order chi connectivity index (χ0) is 9.14. The van der Waals surface area contributed by atoms with Gasteiger partial charge in [-0.15, -0.1) is 0 Å². The van der Waals surface area contributed by atoms with E-state index in [0.29, 0.717) is 6.42 Å². The molecule has 0 amide bonds. The van der Waals surface area contributed by atoms with Crippen LogP contribution in [0.5, 0.6) is 0 Å². The van der Waals surface area contributed by atoms with Gasteiger partial charge in [-0.3, -0.25) is 0 Å². The Labute approximate surface area is 70.5 Å². The van der Waals surface area contributed by atoms with Crippen molar-refractivity contribution >= 4 is 0 Å². The molecule has 0 aromatic rings. The van der Waals surface area contributed by atoms with Gasteiger partial charge in [-0.25, -0.2) is 0 Å². The van der Waals surface area contributed by atoms with Crippen molar-refractivity contribution in [1.82, 2.24) is 0 Å². The van der Waals surface area contributed by atoms with E-state index in [2.05, 4.69) is 0 Å². The van der Waals surface area contributed by atoms with E-state index in [1.165, 1.54) is 7.11 Å². The van der Waals surface area contributed by atoms with Crippen molar-refractivity contribution in [2.24, 2.45) is 0 Å². The normalized spacial score (nSPS) is 38.5. The molecule has 0 aromatic carbocycles. The number of hydrogen-bond acceptors (Lipinski definition) is 5. The molecule has 1 heterocycles. The Bertz CT molecular complexity index is 140. The lowest BCUT2D eigenvalue weighted by Gasteiger charge is -2.15. The van der Waals surface area contributed by atoms with E-state index in [0.717, 1.165) is 0 Å². The van der Waals surface area contributed by atoms with Crippen LogP contribution in [0.3, 0.4) is 0 Å². The van der Waals surface area contributed by atoms with Crippen molar-refractivity contribution in [2.45, 2.75) is 31.0 Å². The van der Waals surface area contributed by atoms with Gasteiger partial charge in [0.2, 0.25) is 0 Å². The van der Waals surface area contributed by atoms with Crippen LogP contribution in [-0.2, 0) is 9.47 Å². The van der Waals surface area contributed by atoms with E-state index in [9.17, 15) is 5.11 Å². The second kappa shape index (κ2) is 4.15. The fourth-order valence-electron chi connectivity index (χ4n) is 1.25. The average molecular weight is 178 g/mol. The fraction of sp³-hybridized carbons (Fsp3) is 1.00. The van der Waals surface area contributed by atoms with Gasteiger partial charge in [0.15, 0.2) is 6.29 Å². The van der Waals surface area contributed by atoms with Crippen LogP contribution in [-0.4, -0.2) is 53.6 Å². The minimum absolute atomic E-state index is 0.292. The highest BCUT2D eigenvalue weighted by atomic mass is 16.7. The van der Waals surface area contributed by atoms with Crippen LogP contribution in [0.25, 0.3) is 0 Å². The Kier molecular flexibility index (Phi) is 3.42. The van der Waals surface area contributed by atoms with Crippen LogP contribution in [0, 0.1) is 0 Å². The van der Waals surface area contributed by atoms with Crippen molar-refractivity contribution in [2.75, 3.05) is 13.7 Å². The summed E-state index contributed by atoms with van der Waals surface area (Å²) < 4.78 is 9.88. The SMILES string of the molecule is CO[C@@H]1O[C@@H]([C@H](O)CO)C[C@H]1O. The average Bonchev–Trinajstić information content (AvgIpc) is 2.45. The lowest BCUT2D eigenvalue weighted by Crippen LogP contribution is -2.29. The summed E-state index contributed by atoms with van der Waals surface area (Å²) in [6.07, 6.45) is -2.59. The molecule has 12 heavy (non-hydrogen) atoms. The standard InChI is InChI=1S/C7H14O5/c1-11-7-4(9)2-6(12-7)5(10)3-8/h4-10H,2-3H2,1H3/t4-,5-,6-,7-/m1/s1. The molecule has 4 atom stereocenters. The third kappa shape index (κ3) is 1.94. The summed E-state index contributed by atoms with van der Waals surface area (Å²) in [5.74, 6) is 0. The molecule has 1 aliphatic rings. The van der Waals surface area contributed by atoms with Gasteiger partial charge in [0.1, 0.15) is 12.2 Å². The van der Waals surface area contributed by atoms with Gasteiger partial charge in [-0.05, 0) is 0 Å². The topological polar surface area (TPSA) is 79.2 Å². The predicted octanol–water partition coefficient (Wildman–Crippen LogP) is -1.54. The quantitative estimate of drug-likeness (QED) is 0.488. The first-order valence-corrected chi connectivity index (χ1v) is 3.84. The molecule has 3 N–H and O–H groups in total. The highest BCUT2D eigenvalue weighted by molar-refractivity contribution is 4.81. The molecule has 1 fully saturated rings. The first kappa shape index (κ1) is 9.88. The fourth-order valence-corrected chi connectivity index (χ4v) is 1.25. The predicted molar refractivity (Wildman–Crippen MR) is 39.4 cm³/mol. The summed E-state index contributed by atoms with van der Waals surface area (Å²) in [7, 11) is 1.42. The summed E-state index contributed by atoms with van der Waals surface area (Å²) in [6, 6.07) is 0. The maximum Gasteiger partial charge on any atom is 0.183 e. The molecule has 1 saturated heterocycles. The molecule has 0 radical (unpaired) electrons. The van der Waals surface area contributed by atoms with Gasteiger partial charge in [-0.2, -0.15) is 0 Å². The van der Waals surface area contributed by atoms with Crippen molar-refractivity contribution in [3.05, 3.63) is 0 Å². The van der Waals surface area contributed by atoms with Crippen LogP contribution in [0.15, 0.2) is 0 Å². The van der Waals surface area contributed by atoms with E-state index >= 15 is 0 Å². The van der Waals surface area contributed by atoms with Gasteiger partial charge in [-0.1, -0.05) is 0 Å². The molecule has 0 bridgehead atoms. The Morgan fingerprint density at radius 2 is 2.33 bits per heavy atom. The Balaban J connectivity index is 2.42. The molecule has 1 aliphatic heterocycles. The molecule has 72 valence electrons. The number of aliphatic hydroxyl groups excluding tert-OH is 3. The second-order valence-electron chi connectivity index (χ2n) is 2.83. The van der Waals surface area contributed by atoms with Crippen molar-refractivity contribution in [3.63, 3.8) is 0 Å². The van der Waals surface area contributed by atoms with Gasteiger partial charge in [0.05, 0.1) is 12.7 Å². The second-order valence-corrected chi connectivity index (χ2v) is 2.83. The largest absolute Gasteiger partial charge is 0.394 e. The van der Waals surface area contributed by atoms with Gasteiger partial charge in [0.25, 0.3) is 0 Å². The Hall–Kier alpha value is -0.200. The molecule has 0 saturated carbocycles. The third-order valence-corrected chi connectivity index (χ3v) is 1.95. The van der Waals surface area contributed by atoms with Crippen LogP contribution < -0.4 is 0 Å². The van der Waals surface area contributed by atoms with Crippen LogP contribution >= 0.6 is 0 Å². The number of ether oxygens (including phenoxy) is 2. The zero-order valence-corrected chi connectivity index (χ0v) is 6.88. The number of methoxy groups -OCH3 is 1. The molecule has 0 aliphatic carbocycles. The number of aliphatic hydroxyl groups is 3. The summed E-state index contributed by atoms with van der Waals surface area (Å²) in [5, 5.41) is 27.0. The van der Waals surface area contributed by atoms with E-state index in [-0.39, 0.29) is 6.61 Å². The lowest BCUT2D eigenvalue weighted by molar-refractivity contribution is -0.166. The monoisotopic (exact) mass is 178 g/mol. The van der Waals surface area contributed by atoms with E-state index in [1.54, 1.807) is 0 Å². The molecular formula is C7H14O5. The minimum Gasteiger partial charge on any atom is -0.394 e. The molecule has 1 rings (SSSR count). The highest BCUT2D eigenvalue weighted by Gasteiger charge is 2.37. The molecule has 5 heteroatoms. The van der Waals surface area contributed by atoms with Gasteiger partial charge < -0.3 is 24.8 Å². The van der Waals surface area contributed by atoms with Crippen LogP contribution in [0.4, 0.5) is 0 Å².